The minimum atomic E-state index is -3.88. The summed E-state index contributed by atoms with van der Waals surface area (Å²) in [7, 11) is -2.54. The highest BCUT2D eigenvalue weighted by Crippen LogP contribution is 2.25. The molecule has 1 heterocycles. The maximum atomic E-state index is 12.5. The Bertz CT molecular complexity index is 986. The topological polar surface area (TPSA) is 117 Å². The maximum Gasteiger partial charge on any atom is 0.271 e. The molecule has 0 aliphatic heterocycles. The summed E-state index contributed by atoms with van der Waals surface area (Å²) in [4.78, 5) is 26.5. The quantitative estimate of drug-likeness (QED) is 0.631. The van der Waals surface area contributed by atoms with Crippen molar-refractivity contribution in [3.05, 3.63) is 50.9 Å². The number of rotatable bonds is 6. The van der Waals surface area contributed by atoms with Crippen LogP contribution in [0.25, 0.3) is 0 Å². The molecule has 0 saturated heterocycles. The third-order valence-electron chi connectivity index (χ3n) is 3.22. The van der Waals surface area contributed by atoms with Crippen LogP contribution >= 0.6 is 15.9 Å². The Balaban J connectivity index is 2.41. The highest BCUT2D eigenvalue weighted by molar-refractivity contribution is 9.10. The summed E-state index contributed by atoms with van der Waals surface area (Å²) in [5.41, 5.74) is -0.386. The van der Waals surface area contributed by atoms with Gasteiger partial charge >= 0.3 is 0 Å². The lowest BCUT2D eigenvalue weighted by molar-refractivity contribution is 0.102. The van der Waals surface area contributed by atoms with Gasteiger partial charge in [0.05, 0.1) is 7.11 Å². The summed E-state index contributed by atoms with van der Waals surface area (Å²) in [6.07, 6.45) is 1.44. The molecule has 0 aliphatic carbocycles. The van der Waals surface area contributed by atoms with Gasteiger partial charge in [-0.25, -0.2) is 13.1 Å². The van der Waals surface area contributed by atoms with Gasteiger partial charge in [-0.2, -0.15) is 0 Å². The van der Waals surface area contributed by atoms with E-state index in [-0.39, 0.29) is 27.9 Å². The monoisotopic (exact) mass is 443 g/mol. The Morgan fingerprint density at radius 1 is 1.27 bits per heavy atom. The minimum Gasteiger partial charge on any atom is -0.495 e. The zero-order valence-corrected chi connectivity index (χ0v) is 16.7. The number of hydrogen-bond acceptors (Lipinski definition) is 5. The first-order chi connectivity index (χ1) is 12.1. The first kappa shape index (κ1) is 20.1. The van der Waals surface area contributed by atoms with Crippen LogP contribution in [-0.2, 0) is 10.0 Å². The number of pyridine rings is 1. The van der Waals surface area contributed by atoms with Gasteiger partial charge < -0.3 is 15.0 Å². The van der Waals surface area contributed by atoms with Crippen LogP contribution in [0.15, 0.2) is 44.6 Å². The predicted octanol–water partition coefficient (Wildman–Crippen LogP) is 2.08. The van der Waals surface area contributed by atoms with Crippen molar-refractivity contribution in [2.24, 2.45) is 0 Å². The maximum absolute atomic E-state index is 12.5. The van der Waals surface area contributed by atoms with Crippen molar-refractivity contribution < 1.29 is 17.9 Å². The normalized spacial score (nSPS) is 11.4. The van der Waals surface area contributed by atoms with Gasteiger partial charge in [-0.05, 0) is 54.0 Å². The molecule has 10 heteroatoms. The van der Waals surface area contributed by atoms with Crippen LogP contribution in [0.5, 0.6) is 5.75 Å². The summed E-state index contributed by atoms with van der Waals surface area (Å²) in [5.74, 6) is -0.521. The second-order valence-electron chi connectivity index (χ2n) is 5.66. The smallest absolute Gasteiger partial charge is 0.271 e. The number of methoxy groups -OCH3 is 1. The molecular weight excluding hydrogens is 426 g/mol. The molecule has 1 aromatic heterocycles. The minimum absolute atomic E-state index is 0.0323. The molecule has 1 aromatic carbocycles. The largest absolute Gasteiger partial charge is 0.495 e. The van der Waals surface area contributed by atoms with Crippen molar-refractivity contribution >= 4 is 37.5 Å². The molecule has 140 valence electrons. The Morgan fingerprint density at radius 2 is 1.96 bits per heavy atom. The number of ether oxygens (including phenoxy) is 1. The number of H-pyrrole nitrogens is 1. The van der Waals surface area contributed by atoms with Gasteiger partial charge in [0, 0.05) is 22.3 Å². The number of anilines is 1. The highest BCUT2D eigenvalue weighted by Gasteiger charge is 2.22. The number of aromatic amines is 1. The van der Waals surface area contributed by atoms with E-state index in [4.69, 9.17) is 4.74 Å². The van der Waals surface area contributed by atoms with Crippen LogP contribution in [0.3, 0.4) is 0 Å². The summed E-state index contributed by atoms with van der Waals surface area (Å²) in [6.45, 7) is 3.36. The molecule has 8 nitrogen and oxygen atoms in total. The zero-order valence-electron chi connectivity index (χ0n) is 14.3. The van der Waals surface area contributed by atoms with Gasteiger partial charge in [0.1, 0.15) is 16.3 Å². The number of halogens is 1. The molecule has 3 N–H and O–H groups in total. The highest BCUT2D eigenvalue weighted by atomic mass is 79.9. The Hall–Kier alpha value is -2.17. The third kappa shape index (κ3) is 4.71. The molecule has 0 spiro atoms. The van der Waals surface area contributed by atoms with E-state index in [9.17, 15) is 18.0 Å². The van der Waals surface area contributed by atoms with Crippen LogP contribution in [0.1, 0.15) is 24.2 Å². The fraction of sp³-hybridized carbons (Fsp3) is 0.250. The van der Waals surface area contributed by atoms with E-state index < -0.39 is 21.5 Å². The van der Waals surface area contributed by atoms with E-state index in [0.29, 0.717) is 4.47 Å². The average molecular weight is 444 g/mol. The predicted molar refractivity (Wildman–Crippen MR) is 101 cm³/mol. The third-order valence-corrected chi connectivity index (χ3v) is 5.36. The van der Waals surface area contributed by atoms with Crippen LogP contribution in [-0.4, -0.2) is 32.5 Å². The van der Waals surface area contributed by atoms with Crippen LogP contribution < -0.4 is 20.3 Å². The first-order valence-electron chi connectivity index (χ1n) is 7.54. The molecule has 0 bridgehead atoms. The molecular formula is C16H18BrN3O5S. The summed E-state index contributed by atoms with van der Waals surface area (Å²) in [6, 6.07) is 5.11. The van der Waals surface area contributed by atoms with Crippen molar-refractivity contribution in [3.8, 4) is 5.75 Å². The number of carbonyl (C=O) groups excluding carboxylic acids is 1. The molecule has 0 fully saturated rings. The second-order valence-corrected chi connectivity index (χ2v) is 8.25. The average Bonchev–Trinajstić information content (AvgIpc) is 2.56. The number of aromatic nitrogens is 1. The van der Waals surface area contributed by atoms with Crippen molar-refractivity contribution in [3.63, 3.8) is 0 Å². The van der Waals surface area contributed by atoms with E-state index in [1.54, 1.807) is 13.8 Å². The van der Waals surface area contributed by atoms with E-state index in [0.717, 1.165) is 0 Å². The summed E-state index contributed by atoms with van der Waals surface area (Å²) < 4.78 is 33.0. The number of nitrogens with one attached hydrogen (secondary N) is 3. The standard InChI is InChI=1S/C16H18BrN3O5S/c1-9(2)20-26(23,24)14-6-10(4-5-13(14)25-3)15(21)19-12-7-11(17)8-18-16(12)22/h4-9,20H,1-3H3,(H,18,22)(H,19,21). The van der Waals surface area contributed by atoms with E-state index in [1.165, 1.54) is 37.6 Å². The lowest BCUT2D eigenvalue weighted by Gasteiger charge is -2.14. The molecule has 0 radical (unpaired) electrons. The molecule has 0 aliphatic rings. The van der Waals surface area contributed by atoms with Crippen LogP contribution in [0, 0.1) is 0 Å². The molecule has 2 aromatic rings. The summed E-state index contributed by atoms with van der Waals surface area (Å²) in [5, 5.41) is 2.46. The lowest BCUT2D eigenvalue weighted by atomic mass is 10.2. The molecule has 1 amide bonds. The molecule has 0 unspecified atom stereocenters. The van der Waals surface area contributed by atoms with Crippen molar-refractivity contribution in [1.29, 1.82) is 0 Å². The Labute approximate surface area is 159 Å². The molecule has 2 rings (SSSR count). The Kier molecular flexibility index (Phi) is 6.21. The fourth-order valence-corrected chi connectivity index (χ4v) is 3.94. The number of sulfonamides is 1. The fourth-order valence-electron chi connectivity index (χ4n) is 2.15. The van der Waals surface area contributed by atoms with E-state index in [1.807, 2.05) is 0 Å². The zero-order chi connectivity index (χ0) is 19.5. The lowest BCUT2D eigenvalue weighted by Crippen LogP contribution is -2.30. The number of benzene rings is 1. The Morgan fingerprint density at radius 3 is 2.58 bits per heavy atom. The number of amides is 1. The molecule has 0 saturated carbocycles. The van der Waals surface area contributed by atoms with Gasteiger partial charge in [-0.3, -0.25) is 9.59 Å². The molecule has 26 heavy (non-hydrogen) atoms. The first-order valence-corrected chi connectivity index (χ1v) is 9.81. The second kappa shape index (κ2) is 8.02. The van der Waals surface area contributed by atoms with Crippen LogP contribution in [0.4, 0.5) is 5.69 Å². The van der Waals surface area contributed by atoms with Gasteiger partial charge in [-0.1, -0.05) is 0 Å². The molecule has 0 atom stereocenters. The van der Waals surface area contributed by atoms with E-state index in [2.05, 4.69) is 31.0 Å². The van der Waals surface area contributed by atoms with Gasteiger partial charge in [0.15, 0.2) is 0 Å². The number of carbonyl (C=O) groups is 1. The van der Waals surface area contributed by atoms with Crippen molar-refractivity contribution in [2.75, 3.05) is 12.4 Å². The van der Waals surface area contributed by atoms with Crippen molar-refractivity contribution in [1.82, 2.24) is 9.71 Å². The van der Waals surface area contributed by atoms with Crippen LogP contribution in [0.2, 0.25) is 0 Å². The van der Waals surface area contributed by atoms with E-state index >= 15 is 0 Å². The SMILES string of the molecule is COc1ccc(C(=O)Nc2cc(Br)c[nH]c2=O)cc1S(=O)(=O)NC(C)C. The number of hydrogen-bond donors (Lipinski definition) is 3. The van der Waals surface area contributed by atoms with Gasteiger partial charge in [-0.15, -0.1) is 0 Å². The van der Waals surface area contributed by atoms with Gasteiger partial charge in [0.2, 0.25) is 10.0 Å². The van der Waals surface area contributed by atoms with Crippen molar-refractivity contribution in [2.45, 2.75) is 24.8 Å². The summed E-state index contributed by atoms with van der Waals surface area (Å²) >= 11 is 3.20. The van der Waals surface area contributed by atoms with Gasteiger partial charge in [0.25, 0.3) is 11.5 Å².